The summed E-state index contributed by atoms with van der Waals surface area (Å²) >= 11 is 1.79. The third-order valence-corrected chi connectivity index (χ3v) is 8.40. The van der Waals surface area contributed by atoms with Gasteiger partial charge in [-0.1, -0.05) is 13.8 Å². The van der Waals surface area contributed by atoms with Gasteiger partial charge in [-0.15, -0.1) is 0 Å². The van der Waals surface area contributed by atoms with Crippen LogP contribution in [0.3, 0.4) is 0 Å². The summed E-state index contributed by atoms with van der Waals surface area (Å²) in [6.45, 7) is 4.93. The highest BCUT2D eigenvalue weighted by Gasteiger charge is 2.45. The van der Waals surface area contributed by atoms with Crippen molar-refractivity contribution >= 4 is 27.6 Å². The van der Waals surface area contributed by atoms with E-state index in [0.29, 0.717) is 6.54 Å². The lowest BCUT2D eigenvalue weighted by Crippen LogP contribution is -2.56. The van der Waals surface area contributed by atoms with Crippen molar-refractivity contribution in [2.75, 3.05) is 24.3 Å². The maximum atomic E-state index is 12.5. The quantitative estimate of drug-likeness (QED) is 0.834. The second-order valence-electron chi connectivity index (χ2n) is 6.12. The average molecular weight is 335 g/mol. The molecule has 0 aromatic rings. The molecule has 0 aliphatic carbocycles. The highest BCUT2D eigenvalue weighted by molar-refractivity contribution is 8.00. The summed E-state index contributed by atoms with van der Waals surface area (Å²) in [5.41, 5.74) is 0. The summed E-state index contributed by atoms with van der Waals surface area (Å²) in [6.07, 6.45) is 5.72. The molecule has 0 saturated carbocycles. The first kappa shape index (κ1) is 16.9. The van der Waals surface area contributed by atoms with Gasteiger partial charge in [0.05, 0.1) is 11.5 Å². The van der Waals surface area contributed by atoms with E-state index in [1.807, 2.05) is 0 Å². The second kappa shape index (κ2) is 6.36. The molecule has 0 spiro atoms. The minimum Gasteiger partial charge on any atom is -0.337 e. The smallest absolute Gasteiger partial charge is 0.318 e. The summed E-state index contributed by atoms with van der Waals surface area (Å²) in [5.74, 6) is 0.262. The molecule has 2 aliphatic heterocycles. The second-order valence-corrected chi connectivity index (χ2v) is 9.55. The number of hydrogen-bond acceptors (Lipinski definition) is 4. The first-order chi connectivity index (χ1) is 9.86. The van der Waals surface area contributed by atoms with E-state index in [4.69, 9.17) is 0 Å². The van der Waals surface area contributed by atoms with Gasteiger partial charge in [0.2, 0.25) is 0 Å². The van der Waals surface area contributed by atoms with E-state index in [1.165, 1.54) is 0 Å². The fourth-order valence-corrected chi connectivity index (χ4v) is 6.22. The Hall–Kier alpha value is -0.430. The molecule has 2 bridgehead atoms. The zero-order valence-electron chi connectivity index (χ0n) is 13.1. The molecule has 2 aliphatic rings. The maximum absolute atomic E-state index is 12.5. The number of amides is 2. The van der Waals surface area contributed by atoms with Crippen molar-refractivity contribution in [3.8, 4) is 0 Å². The van der Waals surface area contributed by atoms with Gasteiger partial charge in [-0.05, 0) is 31.9 Å². The number of carbonyl (C=O) groups is 1. The minimum atomic E-state index is -2.97. The van der Waals surface area contributed by atoms with Crippen molar-refractivity contribution in [2.45, 2.75) is 56.4 Å². The van der Waals surface area contributed by atoms with Crippen molar-refractivity contribution in [2.24, 2.45) is 0 Å². The Labute approximate surface area is 132 Å². The van der Waals surface area contributed by atoms with E-state index in [-0.39, 0.29) is 34.4 Å². The van der Waals surface area contributed by atoms with E-state index in [9.17, 15) is 13.2 Å². The van der Waals surface area contributed by atoms with Gasteiger partial charge in [0.25, 0.3) is 0 Å². The van der Waals surface area contributed by atoms with Crippen molar-refractivity contribution in [1.82, 2.24) is 10.2 Å². The first-order valence-corrected chi connectivity index (χ1v) is 10.7. The number of hydrogen-bond donors (Lipinski definition) is 1. The van der Waals surface area contributed by atoms with Crippen molar-refractivity contribution in [3.05, 3.63) is 0 Å². The van der Waals surface area contributed by atoms with E-state index in [1.54, 1.807) is 16.7 Å². The largest absolute Gasteiger partial charge is 0.337 e. The Morgan fingerprint density at radius 3 is 2.19 bits per heavy atom. The van der Waals surface area contributed by atoms with Gasteiger partial charge in [0.1, 0.15) is 0 Å². The number of thioether (sulfide) groups is 1. The highest BCUT2D eigenvalue weighted by Crippen LogP contribution is 2.32. The van der Waals surface area contributed by atoms with Gasteiger partial charge in [0, 0.05) is 23.4 Å². The van der Waals surface area contributed by atoms with Crippen molar-refractivity contribution in [3.63, 3.8) is 0 Å². The van der Waals surface area contributed by atoms with Crippen LogP contribution in [0.5, 0.6) is 0 Å². The van der Waals surface area contributed by atoms with Crippen LogP contribution in [0, 0.1) is 0 Å². The number of nitrogens with one attached hydrogen (secondary N) is 1. The molecule has 2 rings (SSSR count). The lowest BCUT2D eigenvalue weighted by Gasteiger charge is -2.36. The number of rotatable bonds is 5. The van der Waals surface area contributed by atoms with E-state index < -0.39 is 9.84 Å². The van der Waals surface area contributed by atoms with E-state index in [2.05, 4.69) is 25.4 Å². The summed E-state index contributed by atoms with van der Waals surface area (Å²) < 4.78 is 23.6. The predicted octanol–water partition coefficient (Wildman–Crippen LogP) is 1.88. The molecule has 0 aromatic heterocycles. The molecule has 0 radical (unpaired) electrons. The Kier molecular flexibility index (Phi) is 5.13. The first-order valence-electron chi connectivity index (χ1n) is 7.68. The number of nitrogens with zero attached hydrogens (tertiary/aromatic N) is 1. The SMILES string of the molecule is CCC(CC)(CNC(=O)N1C2CCC1CS(=O)(=O)C2)SC. The van der Waals surface area contributed by atoms with Crippen LogP contribution in [0.25, 0.3) is 0 Å². The Morgan fingerprint density at radius 1 is 1.24 bits per heavy atom. The van der Waals surface area contributed by atoms with Crippen LogP contribution in [0.2, 0.25) is 0 Å². The van der Waals surface area contributed by atoms with Crippen molar-refractivity contribution < 1.29 is 13.2 Å². The summed E-state index contributed by atoms with van der Waals surface area (Å²) in [7, 11) is -2.97. The third kappa shape index (κ3) is 3.50. The number of urea groups is 1. The molecule has 2 fully saturated rings. The molecule has 21 heavy (non-hydrogen) atoms. The lowest BCUT2D eigenvalue weighted by atomic mass is 10.0. The van der Waals surface area contributed by atoms with Gasteiger partial charge in [0.15, 0.2) is 9.84 Å². The fourth-order valence-electron chi connectivity index (χ4n) is 3.46. The van der Waals surface area contributed by atoms with Crippen LogP contribution in [0.1, 0.15) is 39.5 Å². The fraction of sp³-hybridized carbons (Fsp3) is 0.929. The van der Waals surface area contributed by atoms with Crippen LogP contribution >= 0.6 is 11.8 Å². The van der Waals surface area contributed by atoms with Gasteiger partial charge in [-0.25, -0.2) is 13.2 Å². The Balaban J connectivity index is 1.99. The molecule has 5 nitrogen and oxygen atoms in total. The van der Waals surface area contributed by atoms with Gasteiger partial charge < -0.3 is 10.2 Å². The van der Waals surface area contributed by atoms with Crippen molar-refractivity contribution in [1.29, 1.82) is 0 Å². The molecule has 1 N–H and O–H groups in total. The lowest BCUT2D eigenvalue weighted by molar-refractivity contribution is 0.177. The Bertz CT molecular complexity index is 460. The predicted molar refractivity (Wildman–Crippen MR) is 87.5 cm³/mol. The topological polar surface area (TPSA) is 66.5 Å². The summed E-state index contributed by atoms with van der Waals surface area (Å²) in [5, 5.41) is 3.05. The van der Waals surface area contributed by atoms with Gasteiger partial charge in [-0.3, -0.25) is 0 Å². The summed E-state index contributed by atoms with van der Waals surface area (Å²) in [4.78, 5) is 14.3. The average Bonchev–Trinajstić information content (AvgIpc) is 2.73. The van der Waals surface area contributed by atoms with Crippen LogP contribution in [0.4, 0.5) is 4.79 Å². The molecule has 2 atom stereocenters. The van der Waals surface area contributed by atoms with Crippen LogP contribution in [-0.4, -0.2) is 60.5 Å². The van der Waals surface area contributed by atoms with Crippen LogP contribution in [-0.2, 0) is 9.84 Å². The number of carbonyl (C=O) groups excluding carboxylic acids is 1. The molecule has 7 heteroatoms. The maximum Gasteiger partial charge on any atom is 0.318 e. The third-order valence-electron chi connectivity index (χ3n) is 5.03. The standard InChI is InChI=1S/C14H26N2O3S2/c1-4-14(5-2,20-3)10-15-13(17)16-11-6-7-12(16)9-21(18,19)8-11/h11-12H,4-10H2,1-3H3,(H,15,17). The number of fused-ring (bicyclic) bond motifs is 2. The van der Waals surface area contributed by atoms with E-state index >= 15 is 0 Å². The normalized spacial score (nSPS) is 27.7. The molecule has 2 heterocycles. The van der Waals surface area contributed by atoms with E-state index in [0.717, 1.165) is 25.7 Å². The van der Waals surface area contributed by atoms with Crippen LogP contribution in [0.15, 0.2) is 0 Å². The zero-order chi connectivity index (χ0) is 15.7. The highest BCUT2D eigenvalue weighted by atomic mass is 32.2. The van der Waals surface area contributed by atoms with Gasteiger partial charge >= 0.3 is 6.03 Å². The molecule has 0 aromatic carbocycles. The minimum absolute atomic E-state index is 0.0799. The summed E-state index contributed by atoms with van der Waals surface area (Å²) in [6, 6.07) is -0.334. The monoisotopic (exact) mass is 334 g/mol. The number of sulfone groups is 1. The Morgan fingerprint density at radius 2 is 1.76 bits per heavy atom. The van der Waals surface area contributed by atoms with Crippen LogP contribution < -0.4 is 5.32 Å². The molecular weight excluding hydrogens is 308 g/mol. The molecule has 2 amide bonds. The molecule has 2 unspecified atom stereocenters. The molecule has 122 valence electrons. The molecular formula is C14H26N2O3S2. The molecule has 2 saturated heterocycles. The zero-order valence-corrected chi connectivity index (χ0v) is 14.7. The van der Waals surface area contributed by atoms with Gasteiger partial charge in [-0.2, -0.15) is 11.8 Å².